The average Bonchev–Trinajstić information content (AvgIpc) is 3.19. The number of carbonyl (C=O) groups is 2. The maximum Gasteiger partial charge on any atom is 0.311 e. The first-order chi connectivity index (χ1) is 9.12. The highest BCUT2D eigenvalue weighted by atomic mass is 32.2. The summed E-state index contributed by atoms with van der Waals surface area (Å²) >= 11 is 1.63. The molecule has 4 nitrogen and oxygen atoms in total. The Kier molecular flexibility index (Phi) is 4.47. The molecule has 1 aromatic rings. The molecule has 0 aromatic heterocycles. The summed E-state index contributed by atoms with van der Waals surface area (Å²) in [6.07, 6.45) is 1.75. The van der Waals surface area contributed by atoms with Gasteiger partial charge in [-0.3, -0.25) is 9.59 Å². The molecule has 19 heavy (non-hydrogen) atoms. The van der Waals surface area contributed by atoms with Gasteiger partial charge in [-0.2, -0.15) is 0 Å². The normalized spacial score (nSPS) is 15.8. The molecule has 1 aliphatic carbocycles. The highest BCUT2D eigenvalue weighted by molar-refractivity contribution is 7.99. The minimum atomic E-state index is -0.800. The number of hydrogen-bond donors (Lipinski definition) is 2. The Morgan fingerprint density at radius 1 is 1.26 bits per heavy atom. The molecular formula is C14H17NO3S. The van der Waals surface area contributed by atoms with Gasteiger partial charge < -0.3 is 10.4 Å². The zero-order valence-corrected chi connectivity index (χ0v) is 11.4. The van der Waals surface area contributed by atoms with Crippen molar-refractivity contribution < 1.29 is 14.7 Å². The summed E-state index contributed by atoms with van der Waals surface area (Å²) in [5.74, 6) is -0.168. The van der Waals surface area contributed by atoms with Crippen molar-refractivity contribution in [3.05, 3.63) is 30.3 Å². The highest BCUT2D eigenvalue weighted by Gasteiger charge is 2.50. The van der Waals surface area contributed by atoms with E-state index in [1.807, 2.05) is 30.3 Å². The van der Waals surface area contributed by atoms with Gasteiger partial charge in [-0.15, -0.1) is 11.8 Å². The third-order valence-corrected chi connectivity index (χ3v) is 4.29. The molecule has 5 heteroatoms. The summed E-state index contributed by atoms with van der Waals surface area (Å²) in [4.78, 5) is 23.7. The van der Waals surface area contributed by atoms with E-state index in [9.17, 15) is 9.59 Å². The standard InChI is InChI=1S/C14H17NO3S/c16-12(15-10-14(7-8-14)13(17)18)6-9-19-11-4-2-1-3-5-11/h1-5H,6-10H2,(H,15,16)(H,17,18). The maximum atomic E-state index is 11.6. The van der Waals surface area contributed by atoms with Crippen LogP contribution in [0, 0.1) is 5.41 Å². The van der Waals surface area contributed by atoms with E-state index in [-0.39, 0.29) is 12.5 Å². The van der Waals surface area contributed by atoms with Crippen LogP contribution in [0.2, 0.25) is 0 Å². The average molecular weight is 279 g/mol. The number of carbonyl (C=O) groups excluding carboxylic acids is 1. The third kappa shape index (κ3) is 3.99. The molecule has 0 unspecified atom stereocenters. The fourth-order valence-corrected chi connectivity index (χ4v) is 2.62. The Morgan fingerprint density at radius 3 is 2.53 bits per heavy atom. The lowest BCUT2D eigenvalue weighted by Gasteiger charge is -2.10. The van der Waals surface area contributed by atoms with Crippen LogP contribution in [0.5, 0.6) is 0 Å². The molecule has 0 aliphatic heterocycles. The predicted molar refractivity (Wildman–Crippen MR) is 74.1 cm³/mol. The number of rotatable bonds is 7. The van der Waals surface area contributed by atoms with Crippen LogP contribution in [0.25, 0.3) is 0 Å². The Hall–Kier alpha value is -1.49. The lowest BCUT2D eigenvalue weighted by molar-refractivity contribution is -0.143. The van der Waals surface area contributed by atoms with Crippen molar-refractivity contribution in [1.82, 2.24) is 5.32 Å². The van der Waals surface area contributed by atoms with Crippen LogP contribution in [0.1, 0.15) is 19.3 Å². The number of carboxylic acid groups (broad SMARTS) is 1. The van der Waals surface area contributed by atoms with Crippen molar-refractivity contribution in [2.45, 2.75) is 24.2 Å². The SMILES string of the molecule is O=C(CCSc1ccccc1)NCC1(C(=O)O)CC1. The molecule has 2 rings (SSSR count). The molecule has 1 aromatic carbocycles. The van der Waals surface area contributed by atoms with Gasteiger partial charge in [0, 0.05) is 23.6 Å². The lowest BCUT2D eigenvalue weighted by Crippen LogP contribution is -2.34. The van der Waals surface area contributed by atoms with Crippen molar-refractivity contribution in [3.63, 3.8) is 0 Å². The second-order valence-electron chi connectivity index (χ2n) is 4.77. The number of hydrogen-bond acceptors (Lipinski definition) is 3. The molecule has 1 amide bonds. The molecule has 0 saturated heterocycles. The van der Waals surface area contributed by atoms with Gasteiger partial charge in [0.25, 0.3) is 0 Å². The number of benzene rings is 1. The first-order valence-electron chi connectivity index (χ1n) is 6.30. The van der Waals surface area contributed by atoms with Crippen molar-refractivity contribution in [2.24, 2.45) is 5.41 Å². The van der Waals surface area contributed by atoms with Crippen molar-refractivity contribution >= 4 is 23.6 Å². The monoisotopic (exact) mass is 279 g/mol. The van der Waals surface area contributed by atoms with E-state index in [0.29, 0.717) is 25.0 Å². The number of aliphatic carboxylic acids is 1. The minimum Gasteiger partial charge on any atom is -0.481 e. The van der Waals surface area contributed by atoms with Gasteiger partial charge in [0.05, 0.1) is 5.41 Å². The number of carboxylic acids is 1. The zero-order chi connectivity index (χ0) is 13.7. The summed E-state index contributed by atoms with van der Waals surface area (Å²) in [5, 5.41) is 11.7. The minimum absolute atomic E-state index is 0.0732. The summed E-state index contributed by atoms with van der Waals surface area (Å²) in [5.41, 5.74) is -0.678. The molecular weight excluding hydrogens is 262 g/mol. The van der Waals surface area contributed by atoms with Gasteiger partial charge in [0.1, 0.15) is 0 Å². The number of thioether (sulfide) groups is 1. The fraction of sp³-hybridized carbons (Fsp3) is 0.429. The largest absolute Gasteiger partial charge is 0.481 e. The molecule has 0 spiro atoms. The molecule has 102 valence electrons. The van der Waals surface area contributed by atoms with Crippen LogP contribution < -0.4 is 5.32 Å². The Balaban J connectivity index is 1.64. The van der Waals surface area contributed by atoms with Crippen LogP contribution in [0.4, 0.5) is 0 Å². The van der Waals surface area contributed by atoms with Crippen LogP contribution >= 0.6 is 11.8 Å². The Labute approximate surface area is 116 Å². The maximum absolute atomic E-state index is 11.6. The van der Waals surface area contributed by atoms with Crippen LogP contribution in [-0.4, -0.2) is 29.3 Å². The lowest BCUT2D eigenvalue weighted by atomic mass is 10.1. The van der Waals surface area contributed by atoms with Gasteiger partial charge >= 0.3 is 5.97 Å². The molecule has 0 bridgehead atoms. The van der Waals surface area contributed by atoms with E-state index in [1.165, 1.54) is 0 Å². The summed E-state index contributed by atoms with van der Waals surface area (Å²) < 4.78 is 0. The van der Waals surface area contributed by atoms with Gasteiger partial charge in [-0.1, -0.05) is 18.2 Å². The van der Waals surface area contributed by atoms with Crippen LogP contribution in [0.3, 0.4) is 0 Å². The Bertz CT molecular complexity index is 457. The summed E-state index contributed by atoms with van der Waals surface area (Å²) in [6, 6.07) is 9.90. The van der Waals surface area contributed by atoms with Crippen LogP contribution in [0.15, 0.2) is 35.2 Å². The second-order valence-corrected chi connectivity index (χ2v) is 5.94. The van der Waals surface area contributed by atoms with Crippen molar-refractivity contribution in [2.75, 3.05) is 12.3 Å². The quantitative estimate of drug-likeness (QED) is 0.751. The topological polar surface area (TPSA) is 66.4 Å². The molecule has 2 N–H and O–H groups in total. The molecule has 1 saturated carbocycles. The first kappa shape index (κ1) is 13.9. The zero-order valence-electron chi connectivity index (χ0n) is 10.6. The van der Waals surface area contributed by atoms with Gasteiger partial charge in [-0.05, 0) is 25.0 Å². The molecule has 0 atom stereocenters. The van der Waals surface area contributed by atoms with E-state index in [0.717, 1.165) is 4.90 Å². The Morgan fingerprint density at radius 2 is 1.95 bits per heavy atom. The third-order valence-electron chi connectivity index (χ3n) is 3.27. The molecule has 0 radical (unpaired) electrons. The fourth-order valence-electron chi connectivity index (χ4n) is 1.75. The van der Waals surface area contributed by atoms with E-state index < -0.39 is 11.4 Å². The van der Waals surface area contributed by atoms with Crippen molar-refractivity contribution in [3.8, 4) is 0 Å². The van der Waals surface area contributed by atoms with Gasteiger partial charge in [0.15, 0.2) is 0 Å². The van der Waals surface area contributed by atoms with Gasteiger partial charge in [-0.25, -0.2) is 0 Å². The van der Waals surface area contributed by atoms with Crippen LogP contribution in [-0.2, 0) is 9.59 Å². The second kappa shape index (κ2) is 6.10. The van der Waals surface area contributed by atoms with E-state index in [2.05, 4.69) is 5.32 Å². The van der Waals surface area contributed by atoms with E-state index >= 15 is 0 Å². The summed E-state index contributed by atoms with van der Waals surface area (Å²) in [6.45, 7) is 0.261. The predicted octanol–water partition coefficient (Wildman–Crippen LogP) is 2.15. The molecule has 1 aliphatic rings. The summed E-state index contributed by atoms with van der Waals surface area (Å²) in [7, 11) is 0. The first-order valence-corrected chi connectivity index (χ1v) is 7.29. The highest BCUT2D eigenvalue weighted by Crippen LogP contribution is 2.45. The molecule has 1 fully saturated rings. The smallest absolute Gasteiger partial charge is 0.311 e. The molecule has 0 heterocycles. The van der Waals surface area contributed by atoms with Gasteiger partial charge in [0.2, 0.25) is 5.91 Å². The van der Waals surface area contributed by atoms with E-state index in [4.69, 9.17) is 5.11 Å². The number of amides is 1. The van der Waals surface area contributed by atoms with E-state index in [1.54, 1.807) is 11.8 Å². The van der Waals surface area contributed by atoms with Crippen molar-refractivity contribution in [1.29, 1.82) is 0 Å². The number of nitrogens with one attached hydrogen (secondary N) is 1.